The van der Waals surface area contributed by atoms with Crippen LogP contribution in [0.3, 0.4) is 0 Å². The Morgan fingerprint density at radius 2 is 1.86 bits per heavy atom. The van der Waals surface area contributed by atoms with Gasteiger partial charge in [0.2, 0.25) is 0 Å². The molecule has 0 N–H and O–H groups in total. The predicted octanol–water partition coefficient (Wildman–Crippen LogP) is 1.89. The molecule has 0 bridgehead atoms. The van der Waals surface area contributed by atoms with E-state index in [2.05, 4.69) is 0 Å². The topological polar surface area (TPSA) is 69.7 Å². The van der Waals surface area contributed by atoms with Crippen molar-refractivity contribution >= 4 is 17.7 Å². The molecule has 1 aliphatic rings. The maximum absolute atomic E-state index is 12.2. The van der Waals surface area contributed by atoms with Crippen LogP contribution in [0.5, 0.6) is 0 Å². The van der Waals surface area contributed by atoms with Crippen LogP contribution in [-0.2, 0) is 30.5 Å². The summed E-state index contributed by atoms with van der Waals surface area (Å²) in [6.07, 6.45) is 0.701. The van der Waals surface area contributed by atoms with E-state index in [1.54, 1.807) is 0 Å². The zero-order valence-electron chi connectivity index (χ0n) is 11.9. The Morgan fingerprint density at radius 3 is 2.52 bits per heavy atom. The summed E-state index contributed by atoms with van der Waals surface area (Å²) in [5.74, 6) is -2.30. The molecule has 0 unspecified atom stereocenters. The van der Waals surface area contributed by atoms with Crippen LogP contribution in [0.1, 0.15) is 24.8 Å². The Kier molecular flexibility index (Phi) is 5.09. The van der Waals surface area contributed by atoms with Crippen molar-refractivity contribution in [2.45, 2.75) is 25.9 Å². The fourth-order valence-corrected chi connectivity index (χ4v) is 2.52. The molecule has 2 atom stereocenters. The highest BCUT2D eigenvalue weighted by Gasteiger charge is 2.40. The van der Waals surface area contributed by atoms with E-state index in [9.17, 15) is 14.4 Å². The first-order chi connectivity index (χ1) is 10.1. The van der Waals surface area contributed by atoms with Crippen LogP contribution in [0.15, 0.2) is 30.3 Å². The van der Waals surface area contributed by atoms with Gasteiger partial charge >= 0.3 is 11.9 Å². The van der Waals surface area contributed by atoms with Crippen LogP contribution in [0.25, 0.3) is 0 Å². The van der Waals surface area contributed by atoms with Crippen LogP contribution in [0, 0.1) is 11.8 Å². The molecular weight excluding hydrogens is 272 g/mol. The first-order valence-electron chi connectivity index (χ1n) is 6.92. The van der Waals surface area contributed by atoms with Crippen molar-refractivity contribution in [1.29, 1.82) is 0 Å². The van der Waals surface area contributed by atoms with E-state index in [0.717, 1.165) is 5.56 Å². The zero-order valence-corrected chi connectivity index (χ0v) is 11.9. The molecule has 5 heteroatoms. The maximum atomic E-state index is 12.2. The van der Waals surface area contributed by atoms with Crippen LogP contribution in [0.2, 0.25) is 0 Å². The van der Waals surface area contributed by atoms with Crippen molar-refractivity contribution in [3.63, 3.8) is 0 Å². The summed E-state index contributed by atoms with van der Waals surface area (Å²) >= 11 is 0. The second kappa shape index (κ2) is 7.02. The zero-order chi connectivity index (χ0) is 15.2. The quantitative estimate of drug-likeness (QED) is 0.792. The molecule has 0 saturated heterocycles. The fraction of sp³-hybridized carbons (Fsp3) is 0.438. The number of rotatable bonds is 4. The predicted molar refractivity (Wildman–Crippen MR) is 74.1 cm³/mol. The van der Waals surface area contributed by atoms with Crippen molar-refractivity contribution in [3.05, 3.63) is 35.9 Å². The van der Waals surface area contributed by atoms with E-state index in [0.29, 0.717) is 12.8 Å². The third-order valence-electron chi connectivity index (χ3n) is 3.70. The summed E-state index contributed by atoms with van der Waals surface area (Å²) in [4.78, 5) is 35.4. The Morgan fingerprint density at radius 1 is 1.14 bits per heavy atom. The molecule has 21 heavy (non-hydrogen) atoms. The lowest BCUT2D eigenvalue weighted by atomic mass is 9.78. The number of carbonyl (C=O) groups is 3. The number of Topliss-reactive ketones (excluding diaryl/α,β-unsaturated/α-hetero) is 1. The lowest BCUT2D eigenvalue weighted by Gasteiger charge is -2.27. The minimum atomic E-state index is -0.734. The van der Waals surface area contributed by atoms with E-state index < -0.39 is 23.8 Å². The summed E-state index contributed by atoms with van der Waals surface area (Å²) < 4.78 is 9.95. The lowest BCUT2D eigenvalue weighted by Crippen LogP contribution is -2.37. The van der Waals surface area contributed by atoms with Gasteiger partial charge in [-0.15, -0.1) is 0 Å². The number of carbonyl (C=O) groups excluding carboxylic acids is 3. The third kappa shape index (κ3) is 3.90. The number of hydrogen-bond acceptors (Lipinski definition) is 5. The average Bonchev–Trinajstić information content (AvgIpc) is 2.52. The fourth-order valence-electron chi connectivity index (χ4n) is 2.52. The van der Waals surface area contributed by atoms with Crippen LogP contribution < -0.4 is 0 Å². The molecule has 0 heterocycles. The number of ketones is 1. The maximum Gasteiger partial charge on any atom is 0.310 e. The summed E-state index contributed by atoms with van der Waals surface area (Å²) in [6.45, 7) is 0.137. The van der Waals surface area contributed by atoms with Gasteiger partial charge < -0.3 is 9.47 Å². The van der Waals surface area contributed by atoms with Crippen LogP contribution in [0.4, 0.5) is 0 Å². The average molecular weight is 290 g/mol. The highest BCUT2D eigenvalue weighted by atomic mass is 16.5. The van der Waals surface area contributed by atoms with Crippen LogP contribution >= 0.6 is 0 Å². The van der Waals surface area contributed by atoms with E-state index in [1.165, 1.54) is 7.11 Å². The van der Waals surface area contributed by atoms with Gasteiger partial charge in [0.1, 0.15) is 12.4 Å². The molecule has 1 fully saturated rings. The highest BCUT2D eigenvalue weighted by molar-refractivity contribution is 5.90. The number of esters is 2. The lowest BCUT2D eigenvalue weighted by molar-refractivity contribution is -0.163. The van der Waals surface area contributed by atoms with Crippen molar-refractivity contribution in [2.24, 2.45) is 11.8 Å². The molecule has 1 aromatic rings. The first-order valence-corrected chi connectivity index (χ1v) is 6.92. The normalized spacial score (nSPS) is 21.7. The third-order valence-corrected chi connectivity index (χ3v) is 3.70. The van der Waals surface area contributed by atoms with E-state index in [4.69, 9.17) is 9.47 Å². The summed E-state index contributed by atoms with van der Waals surface area (Å²) in [6, 6.07) is 9.27. The van der Waals surface area contributed by atoms with Gasteiger partial charge in [0.15, 0.2) is 0 Å². The molecule has 1 aliphatic carbocycles. The number of ether oxygens (including phenoxy) is 2. The van der Waals surface area contributed by atoms with Crippen LogP contribution in [-0.4, -0.2) is 24.8 Å². The van der Waals surface area contributed by atoms with Crippen molar-refractivity contribution < 1.29 is 23.9 Å². The van der Waals surface area contributed by atoms with Gasteiger partial charge in [-0.1, -0.05) is 30.3 Å². The monoisotopic (exact) mass is 290 g/mol. The number of methoxy groups -OCH3 is 1. The second-order valence-corrected chi connectivity index (χ2v) is 5.11. The Hall–Kier alpha value is -2.17. The number of hydrogen-bond donors (Lipinski definition) is 0. The van der Waals surface area contributed by atoms with Gasteiger partial charge in [0.05, 0.1) is 18.9 Å². The van der Waals surface area contributed by atoms with E-state index in [-0.39, 0.29) is 18.8 Å². The van der Waals surface area contributed by atoms with Gasteiger partial charge in [-0.2, -0.15) is 0 Å². The highest BCUT2D eigenvalue weighted by Crippen LogP contribution is 2.30. The van der Waals surface area contributed by atoms with Gasteiger partial charge in [0, 0.05) is 12.8 Å². The van der Waals surface area contributed by atoms with Gasteiger partial charge in [-0.25, -0.2) is 0 Å². The minimum absolute atomic E-state index is 0.0168. The Bertz CT molecular complexity index is 523. The Labute approximate surface area is 123 Å². The van der Waals surface area contributed by atoms with Gasteiger partial charge in [0.25, 0.3) is 0 Å². The minimum Gasteiger partial charge on any atom is -0.469 e. The Balaban J connectivity index is 2.00. The largest absolute Gasteiger partial charge is 0.469 e. The van der Waals surface area contributed by atoms with Gasteiger partial charge in [-0.05, 0) is 12.0 Å². The summed E-state index contributed by atoms with van der Waals surface area (Å²) in [5.41, 5.74) is 0.864. The molecule has 0 radical (unpaired) electrons. The van der Waals surface area contributed by atoms with E-state index >= 15 is 0 Å². The molecule has 0 spiro atoms. The molecule has 112 valence electrons. The molecule has 0 aromatic heterocycles. The number of benzene rings is 1. The smallest absolute Gasteiger partial charge is 0.310 e. The molecule has 5 nitrogen and oxygen atoms in total. The molecule has 0 aliphatic heterocycles. The molecule has 1 saturated carbocycles. The van der Waals surface area contributed by atoms with Crippen molar-refractivity contribution in [3.8, 4) is 0 Å². The van der Waals surface area contributed by atoms with Crippen molar-refractivity contribution in [1.82, 2.24) is 0 Å². The van der Waals surface area contributed by atoms with E-state index in [1.807, 2.05) is 30.3 Å². The van der Waals surface area contributed by atoms with Gasteiger partial charge in [-0.3, -0.25) is 14.4 Å². The SMILES string of the molecule is COC(=O)[C@H]1CCC(=O)C[C@H]1C(=O)OCc1ccccc1. The first kappa shape index (κ1) is 15.2. The summed E-state index contributed by atoms with van der Waals surface area (Å²) in [7, 11) is 1.28. The second-order valence-electron chi connectivity index (χ2n) is 5.11. The molecule has 1 aromatic carbocycles. The van der Waals surface area contributed by atoms with Crippen molar-refractivity contribution in [2.75, 3.05) is 7.11 Å². The molecule has 2 rings (SSSR count). The summed E-state index contributed by atoms with van der Waals surface area (Å²) in [5, 5.41) is 0. The molecular formula is C16H18O5. The standard InChI is InChI=1S/C16H18O5/c1-20-15(18)13-8-7-12(17)9-14(13)16(19)21-10-11-5-3-2-4-6-11/h2-6,13-14H,7-10H2,1H3/t13-,14+/m0/s1. The molecule has 0 amide bonds.